The smallest absolute Gasteiger partial charge is 0.238 e. The number of nitrogens with zero attached hydrogens (tertiary/aromatic N) is 1. The maximum Gasteiger partial charge on any atom is 0.238 e. The van der Waals surface area contributed by atoms with Crippen LogP contribution in [-0.4, -0.2) is 25.9 Å². The van der Waals surface area contributed by atoms with Crippen molar-refractivity contribution >= 4 is 33.0 Å². The number of hydrogen-bond acceptors (Lipinski definition) is 6. The van der Waals surface area contributed by atoms with Gasteiger partial charge >= 0.3 is 0 Å². The molecule has 0 spiro atoms. The highest BCUT2D eigenvalue weighted by Crippen LogP contribution is 2.26. The number of sulfonamides is 1. The van der Waals surface area contributed by atoms with Gasteiger partial charge in [0, 0.05) is 16.6 Å². The fourth-order valence-corrected chi connectivity index (χ4v) is 3.82. The second kappa shape index (κ2) is 8.51. The molecule has 0 saturated carbocycles. The third-order valence-electron chi connectivity index (χ3n) is 3.77. The number of anilines is 1. The van der Waals surface area contributed by atoms with Crippen LogP contribution >= 0.6 is 11.3 Å². The van der Waals surface area contributed by atoms with E-state index in [0.29, 0.717) is 18.0 Å². The molecule has 9 heteroatoms. The zero-order valence-electron chi connectivity index (χ0n) is 15.1. The number of benzene rings is 2. The molecular formula is C19H19N3O4S2. The van der Waals surface area contributed by atoms with Crippen molar-refractivity contribution in [2.45, 2.75) is 18.2 Å². The number of thiazole rings is 1. The van der Waals surface area contributed by atoms with Gasteiger partial charge in [-0.05, 0) is 55.5 Å². The third-order valence-corrected chi connectivity index (χ3v) is 5.64. The molecular weight excluding hydrogens is 398 g/mol. The van der Waals surface area contributed by atoms with Crippen LogP contribution in [-0.2, 0) is 21.2 Å². The minimum absolute atomic E-state index is 0.00926. The first kappa shape index (κ1) is 20.0. The van der Waals surface area contributed by atoms with E-state index in [9.17, 15) is 13.2 Å². The number of hydrogen-bond donors (Lipinski definition) is 2. The van der Waals surface area contributed by atoms with E-state index in [0.717, 1.165) is 16.3 Å². The molecule has 0 atom stereocenters. The molecule has 1 heterocycles. The molecule has 0 bridgehead atoms. The molecule has 1 aromatic heterocycles. The summed E-state index contributed by atoms with van der Waals surface area (Å²) in [7, 11) is -3.76. The van der Waals surface area contributed by atoms with Crippen LogP contribution in [0.4, 0.5) is 5.69 Å². The largest absolute Gasteiger partial charge is 0.494 e. The van der Waals surface area contributed by atoms with Crippen molar-refractivity contribution in [3.63, 3.8) is 0 Å². The summed E-state index contributed by atoms with van der Waals surface area (Å²) in [5.74, 6) is 0.558. The lowest BCUT2D eigenvalue weighted by Crippen LogP contribution is -2.15. The number of carbonyl (C=O) groups is 1. The Bertz CT molecular complexity index is 1060. The summed E-state index contributed by atoms with van der Waals surface area (Å²) < 4.78 is 27.9. The zero-order valence-corrected chi connectivity index (χ0v) is 16.7. The molecule has 0 aliphatic rings. The third kappa shape index (κ3) is 5.16. The van der Waals surface area contributed by atoms with Crippen LogP contribution in [0.15, 0.2) is 58.8 Å². The van der Waals surface area contributed by atoms with E-state index in [-0.39, 0.29) is 17.2 Å². The van der Waals surface area contributed by atoms with E-state index in [1.165, 1.54) is 35.6 Å². The van der Waals surface area contributed by atoms with Crippen LogP contribution in [0.5, 0.6) is 5.75 Å². The molecule has 1 amide bonds. The summed E-state index contributed by atoms with van der Waals surface area (Å²) in [6.07, 6.45) is 0.116. The molecule has 0 aliphatic heterocycles. The molecule has 28 heavy (non-hydrogen) atoms. The van der Waals surface area contributed by atoms with E-state index in [4.69, 9.17) is 9.88 Å². The Balaban J connectivity index is 1.62. The number of aromatic nitrogens is 1. The molecule has 3 aromatic rings. The fourth-order valence-electron chi connectivity index (χ4n) is 2.48. The second-order valence-electron chi connectivity index (χ2n) is 5.90. The predicted molar refractivity (Wildman–Crippen MR) is 109 cm³/mol. The topological polar surface area (TPSA) is 111 Å². The molecule has 146 valence electrons. The van der Waals surface area contributed by atoms with Gasteiger partial charge in [0.1, 0.15) is 10.8 Å². The molecule has 3 rings (SSSR count). The van der Waals surface area contributed by atoms with Gasteiger partial charge in [-0.3, -0.25) is 4.79 Å². The Hall–Kier alpha value is -2.75. The summed E-state index contributed by atoms with van der Waals surface area (Å²) >= 11 is 1.46. The zero-order chi connectivity index (χ0) is 20.1. The molecule has 2 aromatic carbocycles. The first-order valence-corrected chi connectivity index (χ1v) is 10.9. The van der Waals surface area contributed by atoms with Gasteiger partial charge in [-0.15, -0.1) is 11.3 Å². The Morgan fingerprint density at radius 3 is 2.43 bits per heavy atom. The van der Waals surface area contributed by atoms with E-state index < -0.39 is 10.0 Å². The summed E-state index contributed by atoms with van der Waals surface area (Å²) in [5, 5.41) is 10.4. The average molecular weight is 418 g/mol. The standard InChI is InChI=1S/C19H19N3O4S2/c1-2-26-16-7-3-13(4-8-16)19-22-15(12-27-19)11-18(23)21-14-5-9-17(10-6-14)28(20,24)25/h3-10,12H,2,11H2,1H3,(H,21,23)(H2,20,24,25). The molecule has 0 radical (unpaired) electrons. The lowest BCUT2D eigenvalue weighted by molar-refractivity contribution is -0.115. The number of carbonyl (C=O) groups excluding carboxylic acids is 1. The van der Waals surface area contributed by atoms with Gasteiger partial charge in [-0.25, -0.2) is 18.5 Å². The van der Waals surface area contributed by atoms with Gasteiger partial charge < -0.3 is 10.1 Å². The minimum atomic E-state index is -3.76. The lowest BCUT2D eigenvalue weighted by Gasteiger charge is -2.05. The minimum Gasteiger partial charge on any atom is -0.494 e. The van der Waals surface area contributed by atoms with Crippen LogP contribution in [0.1, 0.15) is 12.6 Å². The van der Waals surface area contributed by atoms with Crippen LogP contribution in [0, 0.1) is 0 Å². The quantitative estimate of drug-likeness (QED) is 0.614. The molecule has 7 nitrogen and oxygen atoms in total. The molecule has 0 fully saturated rings. The van der Waals surface area contributed by atoms with Crippen LogP contribution < -0.4 is 15.2 Å². The predicted octanol–water partition coefficient (Wildman–Crippen LogP) is 3.04. The first-order chi connectivity index (χ1) is 13.3. The van der Waals surface area contributed by atoms with Gasteiger partial charge in [0.05, 0.1) is 23.6 Å². The van der Waals surface area contributed by atoms with Crippen molar-refractivity contribution in [2.24, 2.45) is 5.14 Å². The van der Waals surface area contributed by atoms with Crippen molar-refractivity contribution in [1.82, 2.24) is 4.98 Å². The number of nitrogens with one attached hydrogen (secondary N) is 1. The van der Waals surface area contributed by atoms with Gasteiger partial charge in [0.25, 0.3) is 0 Å². The number of ether oxygens (including phenoxy) is 1. The van der Waals surface area contributed by atoms with Crippen LogP contribution in [0.25, 0.3) is 10.6 Å². The molecule has 0 saturated heterocycles. The van der Waals surface area contributed by atoms with Gasteiger partial charge in [0.2, 0.25) is 15.9 Å². The first-order valence-electron chi connectivity index (χ1n) is 8.45. The number of nitrogens with two attached hydrogens (primary N) is 1. The fraction of sp³-hybridized carbons (Fsp3) is 0.158. The highest BCUT2D eigenvalue weighted by atomic mass is 32.2. The highest BCUT2D eigenvalue weighted by molar-refractivity contribution is 7.89. The molecule has 0 unspecified atom stereocenters. The maximum atomic E-state index is 12.2. The van der Waals surface area contributed by atoms with Crippen molar-refractivity contribution in [1.29, 1.82) is 0 Å². The summed E-state index contributed by atoms with van der Waals surface area (Å²) in [6, 6.07) is 13.3. The number of rotatable bonds is 7. The number of primary sulfonamides is 1. The Labute approximate surface area is 167 Å². The average Bonchev–Trinajstić information content (AvgIpc) is 3.10. The van der Waals surface area contributed by atoms with E-state index in [1.807, 2.05) is 36.6 Å². The van der Waals surface area contributed by atoms with Gasteiger partial charge in [-0.2, -0.15) is 0 Å². The molecule has 3 N–H and O–H groups in total. The van der Waals surface area contributed by atoms with Crippen molar-refractivity contribution in [3.8, 4) is 16.3 Å². The Morgan fingerprint density at radius 1 is 1.14 bits per heavy atom. The van der Waals surface area contributed by atoms with Crippen LogP contribution in [0.3, 0.4) is 0 Å². The highest BCUT2D eigenvalue weighted by Gasteiger charge is 2.11. The summed E-state index contributed by atoms with van der Waals surface area (Å²) in [4.78, 5) is 16.7. The SMILES string of the molecule is CCOc1ccc(-c2nc(CC(=O)Nc3ccc(S(N)(=O)=O)cc3)cs2)cc1. The molecule has 0 aliphatic carbocycles. The number of amides is 1. The van der Waals surface area contributed by atoms with Crippen LogP contribution in [0.2, 0.25) is 0 Å². The monoisotopic (exact) mass is 417 g/mol. The van der Waals surface area contributed by atoms with Crippen molar-refractivity contribution < 1.29 is 17.9 Å². The lowest BCUT2D eigenvalue weighted by atomic mass is 10.2. The van der Waals surface area contributed by atoms with Gasteiger partial charge in [0.15, 0.2) is 0 Å². The summed E-state index contributed by atoms with van der Waals surface area (Å²) in [5.41, 5.74) is 2.10. The normalized spacial score (nSPS) is 11.2. The van der Waals surface area contributed by atoms with E-state index in [1.54, 1.807) is 0 Å². The Kier molecular flexibility index (Phi) is 6.08. The maximum absolute atomic E-state index is 12.2. The Morgan fingerprint density at radius 2 is 1.82 bits per heavy atom. The second-order valence-corrected chi connectivity index (χ2v) is 8.32. The van der Waals surface area contributed by atoms with E-state index >= 15 is 0 Å². The van der Waals surface area contributed by atoms with Crippen molar-refractivity contribution in [2.75, 3.05) is 11.9 Å². The van der Waals surface area contributed by atoms with Crippen molar-refractivity contribution in [3.05, 3.63) is 59.6 Å². The van der Waals surface area contributed by atoms with Gasteiger partial charge in [-0.1, -0.05) is 0 Å². The summed E-state index contributed by atoms with van der Waals surface area (Å²) in [6.45, 7) is 2.54. The van der Waals surface area contributed by atoms with E-state index in [2.05, 4.69) is 10.3 Å².